The summed E-state index contributed by atoms with van der Waals surface area (Å²) in [5.41, 5.74) is 9.27. The van der Waals surface area contributed by atoms with Crippen LogP contribution in [0.15, 0.2) is 48.5 Å². The Morgan fingerprint density at radius 2 is 1.48 bits per heavy atom. The van der Waals surface area contributed by atoms with Crippen LogP contribution in [0.1, 0.15) is 11.1 Å². The van der Waals surface area contributed by atoms with Crippen LogP contribution in [0.5, 0.6) is 0 Å². The number of hydrogen-bond acceptors (Lipinski definition) is 6. The van der Waals surface area contributed by atoms with Gasteiger partial charge in [0.05, 0.1) is 15.4 Å². The number of hydrogen-bond donors (Lipinski definition) is 2. The summed E-state index contributed by atoms with van der Waals surface area (Å²) >= 11 is 0. The van der Waals surface area contributed by atoms with Gasteiger partial charge in [0.15, 0.2) is 0 Å². The first kappa shape index (κ1) is 14.6. The van der Waals surface area contributed by atoms with Gasteiger partial charge in [-0.3, -0.25) is 20.2 Å². The Morgan fingerprint density at radius 3 is 2.00 bits per heavy atom. The minimum absolute atomic E-state index is 0.118. The molecule has 2 aromatic carbocycles. The Bertz CT molecular complexity index is 701. The van der Waals surface area contributed by atoms with Gasteiger partial charge in [-0.2, -0.15) is 0 Å². The molecule has 8 heteroatoms. The molecule has 0 unspecified atom stereocenters. The molecule has 0 aliphatic rings. The molecule has 0 aliphatic heterocycles. The van der Waals surface area contributed by atoms with E-state index in [0.717, 1.165) is 6.07 Å². The molecule has 0 amide bonds. The average molecular weight is 288 g/mol. The van der Waals surface area contributed by atoms with Crippen LogP contribution in [0, 0.1) is 20.2 Å². The first-order chi connectivity index (χ1) is 9.85. The van der Waals surface area contributed by atoms with Gasteiger partial charge in [-0.25, -0.2) is 0 Å². The van der Waals surface area contributed by atoms with E-state index in [1.165, 1.54) is 12.1 Å². The van der Waals surface area contributed by atoms with Crippen LogP contribution in [0.3, 0.4) is 0 Å². The number of rotatable bonds is 4. The van der Waals surface area contributed by atoms with Crippen LogP contribution in [-0.4, -0.2) is 9.85 Å². The molecule has 0 saturated heterocycles. The van der Waals surface area contributed by atoms with Crippen LogP contribution in [0.2, 0.25) is 0 Å². The van der Waals surface area contributed by atoms with E-state index < -0.39 is 26.9 Å². The summed E-state index contributed by atoms with van der Waals surface area (Å²) in [6.45, 7) is 0. The smallest absolute Gasteiger partial charge is 0.306 e. The molecule has 108 valence electrons. The second-order valence-electron chi connectivity index (χ2n) is 4.42. The zero-order valence-electron chi connectivity index (χ0n) is 10.8. The molecule has 21 heavy (non-hydrogen) atoms. The van der Waals surface area contributed by atoms with Crippen molar-refractivity contribution in [2.24, 2.45) is 11.5 Å². The molecule has 0 radical (unpaired) electrons. The predicted molar refractivity (Wildman–Crippen MR) is 75.3 cm³/mol. The van der Waals surface area contributed by atoms with Crippen molar-refractivity contribution in [3.63, 3.8) is 0 Å². The summed E-state index contributed by atoms with van der Waals surface area (Å²) in [7, 11) is 0. The zero-order valence-corrected chi connectivity index (χ0v) is 10.8. The molecule has 4 N–H and O–H groups in total. The van der Waals surface area contributed by atoms with Crippen molar-refractivity contribution in [3.8, 4) is 0 Å². The number of benzene rings is 2. The lowest BCUT2D eigenvalue weighted by atomic mass is 9.91. The highest BCUT2D eigenvalue weighted by Gasteiger charge is 2.37. The van der Waals surface area contributed by atoms with Gasteiger partial charge in [-0.15, -0.1) is 0 Å². The predicted octanol–water partition coefficient (Wildman–Crippen LogP) is 1.62. The fraction of sp³-hybridized carbons (Fsp3) is 0.0769. The Balaban J connectivity index is 2.72. The van der Waals surface area contributed by atoms with Crippen molar-refractivity contribution in [2.75, 3.05) is 0 Å². The molecule has 0 saturated carbocycles. The van der Waals surface area contributed by atoms with Gasteiger partial charge in [0.1, 0.15) is 5.66 Å². The fourth-order valence-electron chi connectivity index (χ4n) is 2.07. The molecule has 0 fully saturated rings. The Morgan fingerprint density at radius 1 is 0.857 bits per heavy atom. The van der Waals surface area contributed by atoms with Crippen LogP contribution < -0.4 is 11.5 Å². The van der Waals surface area contributed by atoms with E-state index in [1.54, 1.807) is 30.3 Å². The van der Waals surface area contributed by atoms with E-state index in [0.29, 0.717) is 5.56 Å². The molecule has 0 heterocycles. The van der Waals surface area contributed by atoms with E-state index >= 15 is 0 Å². The second kappa shape index (κ2) is 5.27. The number of nitrogens with two attached hydrogens (primary N) is 2. The minimum atomic E-state index is -1.71. The van der Waals surface area contributed by atoms with E-state index in [9.17, 15) is 20.2 Å². The maximum absolute atomic E-state index is 11.2. The lowest BCUT2D eigenvalue weighted by Gasteiger charge is -2.25. The SMILES string of the molecule is NC(N)(c1ccccc1)c1cccc([N+](=O)[O-])c1[N+](=O)[O-]. The van der Waals surface area contributed by atoms with Gasteiger partial charge in [-0.05, 0) is 11.6 Å². The zero-order chi connectivity index (χ0) is 15.6. The highest BCUT2D eigenvalue weighted by Crippen LogP contribution is 2.36. The minimum Gasteiger partial charge on any atom is -0.306 e. The maximum Gasteiger partial charge on any atom is 0.352 e. The molecule has 0 bridgehead atoms. The number of para-hydroxylation sites is 1. The molecular weight excluding hydrogens is 276 g/mol. The average Bonchev–Trinajstić information content (AvgIpc) is 2.47. The quantitative estimate of drug-likeness (QED) is 0.498. The highest BCUT2D eigenvalue weighted by atomic mass is 16.6. The van der Waals surface area contributed by atoms with E-state index in [-0.39, 0.29) is 5.56 Å². The third-order valence-electron chi connectivity index (χ3n) is 3.09. The summed E-state index contributed by atoms with van der Waals surface area (Å²) in [5, 5.41) is 22.2. The summed E-state index contributed by atoms with van der Waals surface area (Å²) in [6, 6.07) is 12.0. The summed E-state index contributed by atoms with van der Waals surface area (Å²) in [5.74, 6) is 0. The molecular formula is C13H12N4O4. The standard InChI is InChI=1S/C13H12N4O4/c14-13(15,9-5-2-1-3-6-9)10-7-4-8-11(16(18)19)12(10)17(20)21/h1-8H,14-15H2. The van der Waals surface area contributed by atoms with Gasteiger partial charge >= 0.3 is 11.4 Å². The topological polar surface area (TPSA) is 138 Å². The summed E-state index contributed by atoms with van der Waals surface area (Å²) < 4.78 is 0. The summed E-state index contributed by atoms with van der Waals surface area (Å²) in [6.07, 6.45) is 0. The lowest BCUT2D eigenvalue weighted by Crippen LogP contribution is -2.47. The molecule has 0 spiro atoms. The number of nitro groups is 2. The van der Waals surface area contributed by atoms with Crippen LogP contribution in [-0.2, 0) is 5.66 Å². The van der Waals surface area contributed by atoms with Gasteiger partial charge in [-0.1, -0.05) is 36.4 Å². The molecule has 8 nitrogen and oxygen atoms in total. The summed E-state index contributed by atoms with van der Waals surface area (Å²) in [4.78, 5) is 20.5. The van der Waals surface area contributed by atoms with Crippen molar-refractivity contribution < 1.29 is 9.85 Å². The van der Waals surface area contributed by atoms with Crippen molar-refractivity contribution in [2.45, 2.75) is 5.66 Å². The molecule has 2 aromatic rings. The second-order valence-corrected chi connectivity index (χ2v) is 4.42. The Hall–Kier alpha value is -2.84. The first-order valence-electron chi connectivity index (χ1n) is 5.91. The number of nitrogens with zero attached hydrogens (tertiary/aromatic N) is 2. The van der Waals surface area contributed by atoms with E-state index in [2.05, 4.69) is 0 Å². The molecule has 0 aliphatic carbocycles. The van der Waals surface area contributed by atoms with Gasteiger partial charge in [0.2, 0.25) is 0 Å². The van der Waals surface area contributed by atoms with Gasteiger partial charge in [0, 0.05) is 6.07 Å². The van der Waals surface area contributed by atoms with Crippen molar-refractivity contribution >= 4 is 11.4 Å². The Labute approximate surface area is 119 Å². The van der Waals surface area contributed by atoms with E-state index in [1.807, 2.05) is 0 Å². The number of nitro benzene ring substituents is 2. The largest absolute Gasteiger partial charge is 0.352 e. The van der Waals surface area contributed by atoms with Crippen LogP contribution in [0.4, 0.5) is 11.4 Å². The Kier molecular flexibility index (Phi) is 3.66. The monoisotopic (exact) mass is 288 g/mol. The van der Waals surface area contributed by atoms with E-state index in [4.69, 9.17) is 11.5 Å². The molecule has 0 atom stereocenters. The molecule has 0 aromatic heterocycles. The third kappa shape index (κ3) is 2.57. The third-order valence-corrected chi connectivity index (χ3v) is 3.09. The lowest BCUT2D eigenvalue weighted by molar-refractivity contribution is -0.423. The van der Waals surface area contributed by atoms with Crippen molar-refractivity contribution in [1.82, 2.24) is 0 Å². The fourth-order valence-corrected chi connectivity index (χ4v) is 2.07. The van der Waals surface area contributed by atoms with Gasteiger partial charge < -0.3 is 11.5 Å². The molecule has 2 rings (SSSR count). The highest BCUT2D eigenvalue weighted by molar-refractivity contribution is 5.61. The van der Waals surface area contributed by atoms with Gasteiger partial charge in [0.25, 0.3) is 0 Å². The maximum atomic E-state index is 11.2. The van der Waals surface area contributed by atoms with Crippen molar-refractivity contribution in [3.05, 3.63) is 79.9 Å². The van der Waals surface area contributed by atoms with Crippen LogP contribution >= 0.6 is 0 Å². The normalized spacial score (nSPS) is 11.1. The van der Waals surface area contributed by atoms with Crippen LogP contribution in [0.25, 0.3) is 0 Å². The van der Waals surface area contributed by atoms with Crippen molar-refractivity contribution in [1.29, 1.82) is 0 Å². The first-order valence-corrected chi connectivity index (χ1v) is 5.91.